The average molecular weight is 363 g/mol. The first-order chi connectivity index (χ1) is 11.6. The van der Waals surface area contributed by atoms with Gasteiger partial charge in [0.25, 0.3) is 5.91 Å². The highest BCUT2D eigenvalue weighted by Crippen LogP contribution is 2.25. The molecule has 3 rings (SSSR count). The van der Waals surface area contributed by atoms with Crippen LogP contribution in [0.4, 0.5) is 0 Å². The van der Waals surface area contributed by atoms with Crippen LogP contribution in [0.3, 0.4) is 0 Å². The van der Waals surface area contributed by atoms with E-state index in [0.29, 0.717) is 17.1 Å². The zero-order valence-electron chi connectivity index (χ0n) is 13.4. The smallest absolute Gasteiger partial charge is 0.253 e. The lowest BCUT2D eigenvalue weighted by Gasteiger charge is -2.14. The normalized spacial score (nSPS) is 14.8. The van der Waals surface area contributed by atoms with Crippen molar-refractivity contribution in [3.63, 3.8) is 0 Å². The highest BCUT2D eigenvalue weighted by atomic mass is 35.5. The van der Waals surface area contributed by atoms with E-state index < -0.39 is 0 Å². The molecule has 0 aliphatic carbocycles. The first-order valence-corrected chi connectivity index (χ1v) is 8.91. The fraction of sp³-hybridized carbons (Fsp3) is 0.316. The van der Waals surface area contributed by atoms with E-state index >= 15 is 0 Å². The van der Waals surface area contributed by atoms with Gasteiger partial charge in [-0.2, -0.15) is 0 Å². The second-order valence-corrected chi connectivity index (χ2v) is 6.87. The molecule has 1 amide bonds. The summed E-state index contributed by atoms with van der Waals surface area (Å²) in [6.07, 6.45) is 2.60. The van der Waals surface area contributed by atoms with E-state index in [4.69, 9.17) is 23.2 Å². The number of benzene rings is 2. The van der Waals surface area contributed by atoms with Crippen molar-refractivity contribution in [1.82, 2.24) is 10.2 Å². The molecule has 1 N–H and O–H groups in total. The Balaban J connectivity index is 1.56. The van der Waals surface area contributed by atoms with Crippen LogP contribution >= 0.6 is 23.2 Å². The van der Waals surface area contributed by atoms with Crippen LogP contribution in [0.1, 0.15) is 34.3 Å². The summed E-state index contributed by atoms with van der Waals surface area (Å²) in [6, 6.07) is 13.4. The van der Waals surface area contributed by atoms with Gasteiger partial charge in [-0.05, 0) is 49.2 Å². The van der Waals surface area contributed by atoms with Crippen LogP contribution in [0.15, 0.2) is 42.5 Å². The molecular formula is C19H20Cl2N2O. The SMILES string of the molecule is O=C(NCc1ccc(CN2CCCC2)cc1)c1cccc(Cl)c1Cl. The molecule has 0 atom stereocenters. The maximum Gasteiger partial charge on any atom is 0.253 e. The number of nitrogens with one attached hydrogen (secondary N) is 1. The van der Waals surface area contributed by atoms with Gasteiger partial charge in [-0.25, -0.2) is 0 Å². The Morgan fingerprint density at radius 2 is 1.67 bits per heavy atom. The van der Waals surface area contributed by atoms with Crippen LogP contribution in [0.2, 0.25) is 10.0 Å². The number of nitrogens with zero attached hydrogens (tertiary/aromatic N) is 1. The Labute approximate surface area is 152 Å². The number of hydrogen-bond donors (Lipinski definition) is 1. The average Bonchev–Trinajstić information content (AvgIpc) is 3.09. The summed E-state index contributed by atoms with van der Waals surface area (Å²) in [5, 5.41) is 3.56. The van der Waals surface area contributed by atoms with Gasteiger partial charge in [0, 0.05) is 13.1 Å². The zero-order chi connectivity index (χ0) is 16.9. The van der Waals surface area contributed by atoms with Gasteiger partial charge < -0.3 is 5.32 Å². The number of rotatable bonds is 5. The molecule has 5 heteroatoms. The van der Waals surface area contributed by atoms with Gasteiger partial charge >= 0.3 is 0 Å². The predicted octanol–water partition coefficient (Wildman–Crippen LogP) is 4.52. The second-order valence-electron chi connectivity index (χ2n) is 6.08. The molecule has 1 saturated heterocycles. The van der Waals surface area contributed by atoms with E-state index in [1.165, 1.54) is 31.5 Å². The zero-order valence-corrected chi connectivity index (χ0v) is 14.9. The molecule has 0 radical (unpaired) electrons. The largest absolute Gasteiger partial charge is 0.348 e. The maximum atomic E-state index is 12.2. The van der Waals surface area contributed by atoms with Crippen LogP contribution in [0.25, 0.3) is 0 Å². The molecule has 1 heterocycles. The number of hydrogen-bond acceptors (Lipinski definition) is 2. The summed E-state index contributed by atoms with van der Waals surface area (Å²) in [7, 11) is 0. The molecule has 2 aromatic carbocycles. The van der Waals surface area contributed by atoms with Crippen molar-refractivity contribution in [2.75, 3.05) is 13.1 Å². The Morgan fingerprint density at radius 1 is 1.00 bits per heavy atom. The molecule has 24 heavy (non-hydrogen) atoms. The molecule has 3 nitrogen and oxygen atoms in total. The van der Waals surface area contributed by atoms with E-state index in [9.17, 15) is 4.79 Å². The third-order valence-electron chi connectivity index (χ3n) is 4.28. The fourth-order valence-corrected chi connectivity index (χ4v) is 3.30. The fourth-order valence-electron chi connectivity index (χ4n) is 2.92. The molecule has 126 valence electrons. The third-order valence-corrected chi connectivity index (χ3v) is 5.10. The second kappa shape index (κ2) is 8.02. The van der Waals surface area contributed by atoms with Gasteiger partial charge in [0.2, 0.25) is 0 Å². The number of likely N-dealkylation sites (tertiary alicyclic amines) is 1. The maximum absolute atomic E-state index is 12.2. The van der Waals surface area contributed by atoms with Gasteiger partial charge in [-0.1, -0.05) is 53.5 Å². The minimum Gasteiger partial charge on any atom is -0.348 e. The van der Waals surface area contributed by atoms with Crippen molar-refractivity contribution >= 4 is 29.1 Å². The lowest BCUT2D eigenvalue weighted by molar-refractivity contribution is 0.0951. The van der Waals surface area contributed by atoms with E-state index in [2.05, 4.69) is 34.5 Å². The molecular weight excluding hydrogens is 343 g/mol. The van der Waals surface area contributed by atoms with Crippen molar-refractivity contribution in [3.8, 4) is 0 Å². The number of carbonyl (C=O) groups is 1. The summed E-state index contributed by atoms with van der Waals surface area (Å²) in [5.74, 6) is -0.219. The predicted molar refractivity (Wildman–Crippen MR) is 98.6 cm³/mol. The number of amides is 1. The van der Waals surface area contributed by atoms with Crippen LogP contribution < -0.4 is 5.32 Å². The number of carbonyl (C=O) groups excluding carboxylic acids is 1. The summed E-state index contributed by atoms with van der Waals surface area (Å²) < 4.78 is 0. The Kier molecular flexibility index (Phi) is 5.77. The standard InChI is InChI=1S/C19H20Cl2N2O/c20-17-5-3-4-16(18(17)21)19(24)22-12-14-6-8-15(9-7-14)13-23-10-1-2-11-23/h3-9H,1-2,10-13H2,(H,22,24). The first kappa shape index (κ1) is 17.3. The highest BCUT2D eigenvalue weighted by Gasteiger charge is 2.13. The van der Waals surface area contributed by atoms with Crippen LogP contribution in [0.5, 0.6) is 0 Å². The topological polar surface area (TPSA) is 32.3 Å². The molecule has 1 fully saturated rings. The monoisotopic (exact) mass is 362 g/mol. The van der Waals surface area contributed by atoms with Crippen molar-refractivity contribution < 1.29 is 4.79 Å². The molecule has 0 spiro atoms. The van der Waals surface area contributed by atoms with Crippen molar-refractivity contribution in [1.29, 1.82) is 0 Å². The minimum absolute atomic E-state index is 0.219. The molecule has 0 saturated carbocycles. The van der Waals surface area contributed by atoms with Gasteiger partial charge in [-0.3, -0.25) is 9.69 Å². The van der Waals surface area contributed by atoms with Gasteiger partial charge in [0.15, 0.2) is 0 Å². The van der Waals surface area contributed by atoms with Crippen molar-refractivity contribution in [2.24, 2.45) is 0 Å². The van der Waals surface area contributed by atoms with Crippen molar-refractivity contribution in [2.45, 2.75) is 25.9 Å². The lowest BCUT2D eigenvalue weighted by Crippen LogP contribution is -2.23. The quantitative estimate of drug-likeness (QED) is 0.847. The van der Waals surface area contributed by atoms with E-state index in [-0.39, 0.29) is 10.9 Å². The first-order valence-electron chi connectivity index (χ1n) is 8.16. The summed E-state index contributed by atoms with van der Waals surface area (Å²) >= 11 is 12.0. The molecule has 1 aliphatic rings. The molecule has 0 bridgehead atoms. The van der Waals surface area contributed by atoms with Crippen LogP contribution in [0, 0.1) is 0 Å². The van der Waals surface area contributed by atoms with Crippen LogP contribution in [-0.4, -0.2) is 23.9 Å². The third kappa shape index (κ3) is 4.29. The Morgan fingerprint density at radius 3 is 2.38 bits per heavy atom. The number of halogens is 2. The highest BCUT2D eigenvalue weighted by molar-refractivity contribution is 6.43. The Bertz CT molecular complexity index is 710. The van der Waals surface area contributed by atoms with Crippen molar-refractivity contribution in [3.05, 3.63) is 69.2 Å². The summed E-state index contributed by atoms with van der Waals surface area (Å²) in [6.45, 7) is 3.85. The summed E-state index contributed by atoms with van der Waals surface area (Å²) in [4.78, 5) is 14.7. The minimum atomic E-state index is -0.219. The van der Waals surface area contributed by atoms with Gasteiger partial charge in [0.05, 0.1) is 15.6 Å². The van der Waals surface area contributed by atoms with Crippen LogP contribution in [-0.2, 0) is 13.1 Å². The van der Waals surface area contributed by atoms with E-state index in [1.807, 2.05) is 0 Å². The van der Waals surface area contributed by atoms with E-state index in [1.54, 1.807) is 18.2 Å². The van der Waals surface area contributed by atoms with Gasteiger partial charge in [-0.15, -0.1) is 0 Å². The Hall–Kier alpha value is -1.55. The molecule has 0 unspecified atom stereocenters. The molecule has 0 aromatic heterocycles. The lowest BCUT2D eigenvalue weighted by atomic mass is 10.1. The molecule has 1 aliphatic heterocycles. The van der Waals surface area contributed by atoms with E-state index in [0.717, 1.165) is 12.1 Å². The summed E-state index contributed by atoms with van der Waals surface area (Å²) in [5.41, 5.74) is 2.77. The molecule has 2 aromatic rings. The van der Waals surface area contributed by atoms with Gasteiger partial charge in [0.1, 0.15) is 0 Å².